The van der Waals surface area contributed by atoms with Crippen molar-refractivity contribution in [3.8, 4) is 0 Å². The lowest BCUT2D eigenvalue weighted by atomic mass is 10.3. The molecule has 2 N–H and O–H groups in total. The molecule has 0 amide bonds. The van der Waals surface area contributed by atoms with Gasteiger partial charge in [-0.05, 0) is 19.9 Å². The molecule has 0 atom stereocenters. The topological polar surface area (TPSA) is 77.6 Å². The van der Waals surface area contributed by atoms with Gasteiger partial charge in [-0.2, -0.15) is 0 Å². The number of nitrogen functional groups attached to an aromatic ring is 1. The third-order valence-corrected chi connectivity index (χ3v) is 3.09. The van der Waals surface area contributed by atoms with E-state index in [4.69, 9.17) is 17.3 Å². The highest BCUT2D eigenvalue weighted by Gasteiger charge is 2.05. The van der Waals surface area contributed by atoms with Crippen LogP contribution in [0.3, 0.4) is 0 Å². The molecule has 0 radical (unpaired) electrons. The van der Waals surface area contributed by atoms with Crippen LogP contribution in [0.4, 0.5) is 5.82 Å². The van der Waals surface area contributed by atoms with Gasteiger partial charge in [-0.15, -0.1) is 0 Å². The van der Waals surface area contributed by atoms with E-state index >= 15 is 0 Å². The van der Waals surface area contributed by atoms with E-state index in [1.54, 1.807) is 0 Å². The van der Waals surface area contributed by atoms with Gasteiger partial charge in [-0.1, -0.05) is 23.4 Å². The van der Waals surface area contributed by atoms with Crippen LogP contribution in [-0.2, 0) is 5.75 Å². The fourth-order valence-electron chi connectivity index (χ4n) is 1.47. The molecule has 5 nitrogen and oxygen atoms in total. The Labute approximate surface area is 114 Å². The molecule has 0 saturated heterocycles. The van der Waals surface area contributed by atoms with Crippen molar-refractivity contribution in [2.75, 3.05) is 5.73 Å². The molecule has 0 aliphatic heterocycles. The number of nitrogens with two attached hydrogens (primary N) is 1. The van der Waals surface area contributed by atoms with Crippen molar-refractivity contribution in [3.05, 3.63) is 34.5 Å². The zero-order chi connectivity index (χ0) is 13.1. The summed E-state index contributed by atoms with van der Waals surface area (Å²) in [6, 6.07) is 3.45. The molecule has 0 aliphatic carbocycles. The number of aryl methyl sites for hydroxylation is 2. The standard InChI is InChI=1S/C11H12ClN5S/c1-6-3-7(2)15-10(14-6)5-18-11-16-8(12)4-9(13)17-11/h3-4H,5H2,1-2H3,(H2,13,16,17). The van der Waals surface area contributed by atoms with Crippen LogP contribution in [-0.4, -0.2) is 19.9 Å². The van der Waals surface area contributed by atoms with Crippen molar-refractivity contribution in [2.45, 2.75) is 24.8 Å². The van der Waals surface area contributed by atoms with E-state index in [-0.39, 0.29) is 0 Å². The molecule has 0 aromatic carbocycles. The lowest BCUT2D eigenvalue weighted by Crippen LogP contribution is -1.99. The Hall–Kier alpha value is -1.40. The van der Waals surface area contributed by atoms with Crippen LogP contribution >= 0.6 is 23.4 Å². The van der Waals surface area contributed by atoms with E-state index in [1.165, 1.54) is 17.8 Å². The SMILES string of the molecule is Cc1cc(C)nc(CSc2nc(N)cc(Cl)n2)n1. The van der Waals surface area contributed by atoms with Crippen molar-refractivity contribution in [2.24, 2.45) is 0 Å². The van der Waals surface area contributed by atoms with Gasteiger partial charge in [0.05, 0.1) is 5.75 Å². The Morgan fingerprint density at radius 3 is 2.39 bits per heavy atom. The second-order valence-electron chi connectivity index (χ2n) is 3.75. The van der Waals surface area contributed by atoms with E-state index in [1.807, 2.05) is 19.9 Å². The van der Waals surface area contributed by atoms with Crippen molar-refractivity contribution in [1.29, 1.82) is 0 Å². The summed E-state index contributed by atoms with van der Waals surface area (Å²) in [6.45, 7) is 3.88. The molecule has 18 heavy (non-hydrogen) atoms. The Morgan fingerprint density at radius 1 is 1.11 bits per heavy atom. The van der Waals surface area contributed by atoms with E-state index < -0.39 is 0 Å². The zero-order valence-electron chi connectivity index (χ0n) is 10.0. The van der Waals surface area contributed by atoms with E-state index in [0.29, 0.717) is 21.9 Å². The van der Waals surface area contributed by atoms with E-state index in [0.717, 1.165) is 17.2 Å². The monoisotopic (exact) mass is 281 g/mol. The largest absolute Gasteiger partial charge is 0.384 e. The fraction of sp³-hybridized carbons (Fsp3) is 0.273. The summed E-state index contributed by atoms with van der Waals surface area (Å²) in [5, 5.41) is 0.870. The molecule has 0 unspecified atom stereocenters. The smallest absolute Gasteiger partial charge is 0.191 e. The van der Waals surface area contributed by atoms with E-state index in [2.05, 4.69) is 19.9 Å². The molecule has 7 heteroatoms. The lowest BCUT2D eigenvalue weighted by molar-refractivity contribution is 0.945. The van der Waals surface area contributed by atoms with Crippen molar-refractivity contribution in [3.63, 3.8) is 0 Å². The summed E-state index contributed by atoms with van der Waals surface area (Å²) in [5.41, 5.74) is 7.49. The first-order valence-corrected chi connectivity index (χ1v) is 6.63. The van der Waals surface area contributed by atoms with Gasteiger partial charge in [-0.25, -0.2) is 19.9 Å². The number of hydrogen-bond acceptors (Lipinski definition) is 6. The van der Waals surface area contributed by atoms with Crippen molar-refractivity contribution in [1.82, 2.24) is 19.9 Å². The predicted octanol–water partition coefficient (Wildman–Crippen LogP) is 2.41. The Bertz CT molecular complexity index is 483. The van der Waals surface area contributed by atoms with Crippen LogP contribution in [0.25, 0.3) is 0 Å². The number of hydrogen-bond donors (Lipinski definition) is 1. The Morgan fingerprint density at radius 2 is 1.78 bits per heavy atom. The van der Waals surface area contributed by atoms with Gasteiger partial charge in [0.15, 0.2) is 5.16 Å². The minimum atomic E-state index is 0.339. The van der Waals surface area contributed by atoms with Crippen LogP contribution in [0.2, 0.25) is 5.15 Å². The molecule has 94 valence electrons. The van der Waals surface area contributed by atoms with Crippen LogP contribution in [0.1, 0.15) is 17.2 Å². The van der Waals surface area contributed by atoms with Gasteiger partial charge < -0.3 is 5.73 Å². The van der Waals surface area contributed by atoms with Crippen LogP contribution < -0.4 is 5.73 Å². The molecule has 2 heterocycles. The average Bonchev–Trinajstić information content (AvgIpc) is 2.23. The highest BCUT2D eigenvalue weighted by molar-refractivity contribution is 7.98. The molecule has 0 saturated carbocycles. The molecule has 0 aliphatic rings. The first-order chi connectivity index (χ1) is 8.52. The first-order valence-electron chi connectivity index (χ1n) is 5.27. The van der Waals surface area contributed by atoms with Gasteiger partial charge in [0, 0.05) is 17.5 Å². The Kier molecular flexibility index (Phi) is 3.98. The van der Waals surface area contributed by atoms with Gasteiger partial charge >= 0.3 is 0 Å². The third kappa shape index (κ3) is 3.54. The van der Waals surface area contributed by atoms with Crippen molar-refractivity contribution < 1.29 is 0 Å². The minimum absolute atomic E-state index is 0.339. The highest BCUT2D eigenvalue weighted by atomic mass is 35.5. The van der Waals surface area contributed by atoms with Gasteiger partial charge in [0.1, 0.15) is 16.8 Å². The maximum absolute atomic E-state index is 5.81. The Balaban J connectivity index is 2.11. The minimum Gasteiger partial charge on any atom is -0.384 e. The van der Waals surface area contributed by atoms with Crippen molar-refractivity contribution >= 4 is 29.2 Å². The molecule has 0 spiro atoms. The number of nitrogens with zero attached hydrogens (tertiary/aromatic N) is 4. The number of halogens is 1. The molecule has 2 rings (SSSR count). The lowest BCUT2D eigenvalue weighted by Gasteiger charge is -2.03. The second kappa shape index (κ2) is 5.49. The summed E-state index contributed by atoms with van der Waals surface area (Å²) in [6.07, 6.45) is 0. The van der Waals surface area contributed by atoms with E-state index in [9.17, 15) is 0 Å². The molecule has 0 fully saturated rings. The summed E-state index contributed by atoms with van der Waals surface area (Å²) in [7, 11) is 0. The van der Waals surface area contributed by atoms with Gasteiger partial charge in [0.2, 0.25) is 0 Å². The summed E-state index contributed by atoms with van der Waals surface area (Å²) < 4.78 is 0. The molecular formula is C11H12ClN5S. The average molecular weight is 282 g/mol. The van der Waals surface area contributed by atoms with Gasteiger partial charge in [-0.3, -0.25) is 0 Å². The zero-order valence-corrected chi connectivity index (χ0v) is 11.6. The molecule has 2 aromatic heterocycles. The molecule has 2 aromatic rings. The molecular weight excluding hydrogens is 270 g/mol. The number of anilines is 1. The highest BCUT2D eigenvalue weighted by Crippen LogP contribution is 2.20. The number of aromatic nitrogens is 4. The summed E-state index contributed by atoms with van der Waals surface area (Å²) >= 11 is 7.21. The quantitative estimate of drug-likeness (QED) is 0.529. The second-order valence-corrected chi connectivity index (χ2v) is 5.08. The van der Waals surface area contributed by atoms with Crippen LogP contribution in [0.5, 0.6) is 0 Å². The number of thioether (sulfide) groups is 1. The fourth-order valence-corrected chi connectivity index (χ4v) is 2.43. The maximum Gasteiger partial charge on any atom is 0.191 e. The van der Waals surface area contributed by atoms with Crippen LogP contribution in [0, 0.1) is 13.8 Å². The number of rotatable bonds is 3. The first kappa shape index (κ1) is 13.0. The third-order valence-electron chi connectivity index (χ3n) is 2.05. The maximum atomic E-state index is 5.81. The van der Waals surface area contributed by atoms with Crippen LogP contribution in [0.15, 0.2) is 17.3 Å². The van der Waals surface area contributed by atoms with Gasteiger partial charge in [0.25, 0.3) is 0 Å². The normalized spacial score (nSPS) is 10.6. The summed E-state index contributed by atoms with van der Waals surface area (Å²) in [4.78, 5) is 16.8. The molecule has 0 bridgehead atoms. The summed E-state index contributed by atoms with van der Waals surface area (Å²) in [5.74, 6) is 1.70. The predicted molar refractivity (Wildman–Crippen MR) is 72.5 cm³/mol.